The molecule has 17 heavy (non-hydrogen) atoms. The molecule has 2 N–H and O–H groups in total. The molecule has 5 nitrogen and oxygen atoms in total. The molecule has 1 heterocycles. The van der Waals surface area contributed by atoms with Crippen molar-refractivity contribution in [1.82, 2.24) is 15.1 Å². The van der Waals surface area contributed by atoms with Gasteiger partial charge in [-0.3, -0.25) is 9.48 Å². The summed E-state index contributed by atoms with van der Waals surface area (Å²) in [6.45, 7) is 3.89. The number of carbonyl (C=O) groups excluding carboxylic acids is 1. The molecular formula is C12H19N3O2. The van der Waals surface area contributed by atoms with Crippen LogP contribution in [0.4, 0.5) is 0 Å². The van der Waals surface area contributed by atoms with Gasteiger partial charge in [0.1, 0.15) is 0 Å². The molecule has 1 aliphatic rings. The Labute approximate surface area is 101 Å². The number of nitrogens with zero attached hydrogens (tertiary/aromatic N) is 2. The maximum Gasteiger partial charge on any atom is 0.224 e. The minimum atomic E-state index is -0.234. The topological polar surface area (TPSA) is 67.2 Å². The van der Waals surface area contributed by atoms with E-state index >= 15 is 0 Å². The monoisotopic (exact) mass is 237 g/mol. The lowest BCUT2D eigenvalue weighted by atomic mass is 9.89. The van der Waals surface area contributed by atoms with Gasteiger partial charge in [-0.1, -0.05) is 0 Å². The Hall–Kier alpha value is -1.36. The number of nitrogens with one attached hydrogen (secondary N) is 1. The summed E-state index contributed by atoms with van der Waals surface area (Å²) in [5.74, 6) is 0.0149. The van der Waals surface area contributed by atoms with Gasteiger partial charge in [-0.25, -0.2) is 0 Å². The average Bonchev–Trinajstić information content (AvgIpc) is 2.43. The van der Waals surface area contributed by atoms with Gasteiger partial charge in [0.2, 0.25) is 5.91 Å². The van der Waals surface area contributed by atoms with E-state index in [0.717, 1.165) is 17.0 Å². The van der Waals surface area contributed by atoms with Crippen molar-refractivity contribution in [2.24, 2.45) is 7.05 Å². The molecule has 1 amide bonds. The number of hydrogen-bond acceptors (Lipinski definition) is 3. The van der Waals surface area contributed by atoms with Crippen LogP contribution >= 0.6 is 0 Å². The maximum absolute atomic E-state index is 11.8. The second-order valence-corrected chi connectivity index (χ2v) is 4.84. The number of aryl methyl sites for hydroxylation is 2. The van der Waals surface area contributed by atoms with Gasteiger partial charge in [0, 0.05) is 24.3 Å². The number of hydrogen-bond donors (Lipinski definition) is 2. The summed E-state index contributed by atoms with van der Waals surface area (Å²) in [5.41, 5.74) is 2.95. The van der Waals surface area contributed by atoms with E-state index in [1.807, 2.05) is 20.9 Å². The number of rotatable bonds is 3. The third kappa shape index (κ3) is 2.49. The lowest BCUT2D eigenvalue weighted by Gasteiger charge is -2.31. The molecule has 0 atom stereocenters. The van der Waals surface area contributed by atoms with E-state index in [2.05, 4.69) is 10.4 Å². The first-order valence-corrected chi connectivity index (χ1v) is 5.94. The molecule has 0 aliphatic heterocycles. The molecule has 1 saturated carbocycles. The zero-order valence-electron chi connectivity index (χ0n) is 10.5. The van der Waals surface area contributed by atoms with Crippen molar-refractivity contribution in [3.05, 3.63) is 17.0 Å². The predicted molar refractivity (Wildman–Crippen MR) is 63.6 cm³/mol. The Morgan fingerprint density at radius 1 is 1.53 bits per heavy atom. The highest BCUT2D eigenvalue weighted by Crippen LogP contribution is 2.20. The van der Waals surface area contributed by atoms with Crippen LogP contribution < -0.4 is 5.32 Å². The van der Waals surface area contributed by atoms with Crippen LogP contribution in [-0.4, -0.2) is 32.9 Å². The molecule has 0 spiro atoms. The summed E-state index contributed by atoms with van der Waals surface area (Å²) >= 11 is 0. The SMILES string of the molecule is Cc1nn(C)c(C)c1CC(=O)NC1CC(O)C1. The summed E-state index contributed by atoms with van der Waals surface area (Å²) in [4.78, 5) is 11.8. The van der Waals surface area contributed by atoms with E-state index < -0.39 is 0 Å². The fourth-order valence-electron chi connectivity index (χ4n) is 2.22. The maximum atomic E-state index is 11.8. The molecule has 1 aromatic heterocycles. The van der Waals surface area contributed by atoms with Gasteiger partial charge in [0.15, 0.2) is 0 Å². The van der Waals surface area contributed by atoms with E-state index in [0.29, 0.717) is 19.3 Å². The zero-order chi connectivity index (χ0) is 12.6. The summed E-state index contributed by atoms with van der Waals surface area (Å²) in [5, 5.41) is 16.4. The largest absolute Gasteiger partial charge is 0.393 e. The van der Waals surface area contributed by atoms with Crippen LogP contribution in [0.2, 0.25) is 0 Å². The fraction of sp³-hybridized carbons (Fsp3) is 0.667. The van der Waals surface area contributed by atoms with Gasteiger partial charge in [-0.15, -0.1) is 0 Å². The summed E-state index contributed by atoms with van der Waals surface area (Å²) in [6, 6.07) is 0.148. The Kier molecular flexibility index (Phi) is 3.19. The van der Waals surface area contributed by atoms with Gasteiger partial charge in [0.05, 0.1) is 18.2 Å². The molecule has 0 aromatic carbocycles. The lowest BCUT2D eigenvalue weighted by molar-refractivity contribution is -0.122. The zero-order valence-corrected chi connectivity index (χ0v) is 10.5. The van der Waals surface area contributed by atoms with Crippen LogP contribution in [0.5, 0.6) is 0 Å². The van der Waals surface area contributed by atoms with Crippen LogP contribution in [0.1, 0.15) is 29.8 Å². The number of aliphatic hydroxyl groups excluding tert-OH is 1. The van der Waals surface area contributed by atoms with Crippen LogP contribution in [-0.2, 0) is 18.3 Å². The van der Waals surface area contributed by atoms with E-state index in [1.165, 1.54) is 0 Å². The standard InChI is InChI=1S/C12H19N3O2/c1-7-11(8(2)15(3)14-7)6-12(17)13-9-4-10(16)5-9/h9-10,16H,4-6H2,1-3H3,(H,13,17). The van der Waals surface area contributed by atoms with Gasteiger partial charge >= 0.3 is 0 Å². The summed E-state index contributed by atoms with van der Waals surface area (Å²) < 4.78 is 1.80. The summed E-state index contributed by atoms with van der Waals surface area (Å²) in [7, 11) is 1.88. The van der Waals surface area contributed by atoms with Crippen molar-refractivity contribution in [2.75, 3.05) is 0 Å². The highest BCUT2D eigenvalue weighted by molar-refractivity contribution is 5.79. The number of carbonyl (C=O) groups is 1. The molecule has 1 aromatic rings. The average molecular weight is 237 g/mol. The lowest BCUT2D eigenvalue weighted by Crippen LogP contribution is -2.47. The van der Waals surface area contributed by atoms with Crippen molar-refractivity contribution in [2.45, 2.75) is 45.3 Å². The van der Waals surface area contributed by atoms with E-state index in [1.54, 1.807) is 4.68 Å². The molecule has 0 unspecified atom stereocenters. The normalized spacial score (nSPS) is 23.3. The minimum absolute atomic E-state index is 0.0149. The van der Waals surface area contributed by atoms with Gasteiger partial charge in [-0.05, 0) is 26.7 Å². The van der Waals surface area contributed by atoms with Gasteiger partial charge < -0.3 is 10.4 Å². The molecular weight excluding hydrogens is 218 g/mol. The van der Waals surface area contributed by atoms with Crippen LogP contribution in [0, 0.1) is 13.8 Å². The molecule has 2 rings (SSSR count). The Morgan fingerprint density at radius 2 is 2.18 bits per heavy atom. The van der Waals surface area contributed by atoms with Crippen LogP contribution in [0.25, 0.3) is 0 Å². The second kappa shape index (κ2) is 4.49. The van der Waals surface area contributed by atoms with Crippen molar-refractivity contribution in [1.29, 1.82) is 0 Å². The van der Waals surface area contributed by atoms with E-state index in [4.69, 9.17) is 5.11 Å². The molecule has 0 bridgehead atoms. The fourth-order valence-corrected chi connectivity index (χ4v) is 2.22. The molecule has 0 saturated heterocycles. The Morgan fingerprint density at radius 3 is 2.65 bits per heavy atom. The highest BCUT2D eigenvalue weighted by atomic mass is 16.3. The van der Waals surface area contributed by atoms with Gasteiger partial charge in [0.25, 0.3) is 0 Å². The number of aliphatic hydroxyl groups is 1. The first kappa shape index (κ1) is 12.1. The van der Waals surface area contributed by atoms with Crippen LogP contribution in [0.3, 0.4) is 0 Å². The van der Waals surface area contributed by atoms with Crippen LogP contribution in [0.15, 0.2) is 0 Å². The number of aromatic nitrogens is 2. The van der Waals surface area contributed by atoms with E-state index in [-0.39, 0.29) is 18.1 Å². The van der Waals surface area contributed by atoms with Gasteiger partial charge in [-0.2, -0.15) is 5.10 Å². The van der Waals surface area contributed by atoms with Crippen molar-refractivity contribution in [3.63, 3.8) is 0 Å². The third-order valence-corrected chi connectivity index (χ3v) is 3.47. The first-order valence-electron chi connectivity index (χ1n) is 5.94. The highest BCUT2D eigenvalue weighted by Gasteiger charge is 2.28. The molecule has 0 radical (unpaired) electrons. The first-order chi connectivity index (χ1) is 7.97. The second-order valence-electron chi connectivity index (χ2n) is 4.84. The van der Waals surface area contributed by atoms with E-state index in [9.17, 15) is 4.79 Å². The molecule has 1 fully saturated rings. The molecule has 94 valence electrons. The van der Waals surface area contributed by atoms with Crippen molar-refractivity contribution in [3.8, 4) is 0 Å². The smallest absolute Gasteiger partial charge is 0.224 e. The Bertz CT molecular complexity index is 433. The van der Waals surface area contributed by atoms with Crippen molar-refractivity contribution >= 4 is 5.91 Å². The molecule has 1 aliphatic carbocycles. The summed E-state index contributed by atoms with van der Waals surface area (Å²) in [6.07, 6.45) is 1.49. The molecule has 5 heteroatoms. The third-order valence-electron chi connectivity index (χ3n) is 3.47. The van der Waals surface area contributed by atoms with Crippen molar-refractivity contribution < 1.29 is 9.90 Å². The Balaban J connectivity index is 1.94. The minimum Gasteiger partial charge on any atom is -0.393 e. The quantitative estimate of drug-likeness (QED) is 0.790. The predicted octanol–water partition coefficient (Wildman–Crippen LogP) is 0.219. The number of amides is 1.